The fourth-order valence-corrected chi connectivity index (χ4v) is 3.02. The van der Waals surface area contributed by atoms with Gasteiger partial charge in [0, 0.05) is 18.7 Å². The molecule has 0 aliphatic heterocycles. The molecule has 3 nitrogen and oxygen atoms in total. The molecule has 0 saturated carbocycles. The van der Waals surface area contributed by atoms with Crippen LogP contribution < -0.4 is 4.74 Å². The summed E-state index contributed by atoms with van der Waals surface area (Å²) in [5.41, 5.74) is 3.42. The van der Waals surface area contributed by atoms with Crippen molar-refractivity contribution in [2.45, 2.75) is 13.8 Å². The molecule has 0 aliphatic rings. The second-order valence-corrected chi connectivity index (χ2v) is 6.04. The molecule has 0 N–H and O–H groups in total. The van der Waals surface area contributed by atoms with Crippen molar-refractivity contribution in [3.05, 3.63) is 60.3 Å². The van der Waals surface area contributed by atoms with Crippen LogP contribution in [-0.4, -0.2) is 11.0 Å². The van der Waals surface area contributed by atoms with E-state index in [0.717, 1.165) is 21.0 Å². The highest BCUT2D eigenvalue weighted by Gasteiger charge is 2.07. The molecule has 110 valence electrons. The molecule has 3 aromatic rings. The molecule has 0 spiro atoms. The summed E-state index contributed by atoms with van der Waals surface area (Å²) in [6.45, 7) is 3.46. The third kappa shape index (κ3) is 3.23. The largest absolute Gasteiger partial charge is 0.427 e. The maximum absolute atomic E-state index is 10.9. The van der Waals surface area contributed by atoms with Crippen LogP contribution >= 0.6 is 11.3 Å². The molecule has 0 radical (unpaired) electrons. The average molecular weight is 309 g/mol. The van der Waals surface area contributed by atoms with Gasteiger partial charge in [0.05, 0.1) is 4.88 Å². The monoisotopic (exact) mass is 309 g/mol. The zero-order chi connectivity index (χ0) is 15.5. The fourth-order valence-electron chi connectivity index (χ4n) is 2.09. The minimum absolute atomic E-state index is 0.313. The summed E-state index contributed by atoms with van der Waals surface area (Å²) in [4.78, 5) is 16.5. The molecule has 3 rings (SSSR count). The number of ether oxygens (including phenoxy) is 1. The van der Waals surface area contributed by atoms with Gasteiger partial charge >= 0.3 is 5.97 Å². The van der Waals surface area contributed by atoms with E-state index in [4.69, 9.17) is 4.74 Å². The number of thiazole rings is 1. The second-order valence-electron chi connectivity index (χ2n) is 5.01. The van der Waals surface area contributed by atoms with Crippen molar-refractivity contribution in [3.63, 3.8) is 0 Å². The van der Waals surface area contributed by atoms with Crippen molar-refractivity contribution in [1.29, 1.82) is 0 Å². The first-order chi connectivity index (χ1) is 10.6. The lowest BCUT2D eigenvalue weighted by atomic mass is 10.2. The summed E-state index contributed by atoms with van der Waals surface area (Å²) in [5.74, 6) is 0.242. The summed E-state index contributed by atoms with van der Waals surface area (Å²) in [7, 11) is 0. The van der Waals surface area contributed by atoms with E-state index < -0.39 is 0 Å². The maximum atomic E-state index is 10.9. The van der Waals surface area contributed by atoms with E-state index in [-0.39, 0.29) is 5.97 Å². The summed E-state index contributed by atoms with van der Waals surface area (Å²) in [6.07, 6.45) is 1.88. The molecule has 0 bridgehead atoms. The van der Waals surface area contributed by atoms with Gasteiger partial charge in [-0.3, -0.25) is 4.79 Å². The Morgan fingerprint density at radius 3 is 2.27 bits per heavy atom. The van der Waals surface area contributed by atoms with Crippen LogP contribution in [-0.2, 0) is 4.79 Å². The van der Waals surface area contributed by atoms with E-state index in [2.05, 4.69) is 36.2 Å². The Morgan fingerprint density at radius 1 is 1.00 bits per heavy atom. The predicted molar refractivity (Wildman–Crippen MR) is 89.0 cm³/mol. The van der Waals surface area contributed by atoms with E-state index in [9.17, 15) is 4.79 Å². The number of aryl methyl sites for hydroxylation is 1. The molecular formula is C18H15NO2S. The number of aromatic nitrogens is 1. The number of benzene rings is 2. The molecule has 4 heteroatoms. The van der Waals surface area contributed by atoms with Gasteiger partial charge in [0.2, 0.25) is 0 Å². The van der Waals surface area contributed by atoms with Crippen LogP contribution in [0, 0.1) is 6.92 Å². The highest BCUT2D eigenvalue weighted by Crippen LogP contribution is 2.32. The topological polar surface area (TPSA) is 39.2 Å². The molecule has 0 aliphatic carbocycles. The number of nitrogens with zero attached hydrogens (tertiary/aromatic N) is 1. The van der Waals surface area contributed by atoms with E-state index in [1.165, 1.54) is 12.5 Å². The van der Waals surface area contributed by atoms with Gasteiger partial charge in [-0.2, -0.15) is 0 Å². The lowest BCUT2D eigenvalue weighted by molar-refractivity contribution is -0.131. The lowest BCUT2D eigenvalue weighted by Crippen LogP contribution is -2.00. The van der Waals surface area contributed by atoms with Gasteiger partial charge < -0.3 is 4.74 Å². The van der Waals surface area contributed by atoms with Crippen molar-refractivity contribution in [2.24, 2.45) is 0 Å². The normalized spacial score (nSPS) is 10.5. The lowest BCUT2D eigenvalue weighted by Gasteiger charge is -2.02. The molecule has 0 fully saturated rings. The van der Waals surface area contributed by atoms with Gasteiger partial charge in [0.15, 0.2) is 0 Å². The van der Waals surface area contributed by atoms with Crippen molar-refractivity contribution < 1.29 is 9.53 Å². The number of carbonyl (C=O) groups excluding carboxylic acids is 1. The molecule has 0 atom stereocenters. The number of esters is 1. The van der Waals surface area contributed by atoms with Crippen LogP contribution in [0.5, 0.6) is 5.75 Å². The summed E-state index contributed by atoms with van der Waals surface area (Å²) >= 11 is 1.65. The Bertz CT molecular complexity index is 789. The number of hydrogen-bond acceptors (Lipinski definition) is 4. The standard InChI is InChI=1S/C18H15NO2S/c1-12-3-5-15(6-4-12)18-19-11-17(22-18)14-7-9-16(10-8-14)21-13(2)20/h3-11H,1-2H3. The number of hydrogen-bond donors (Lipinski definition) is 0. The molecular weight excluding hydrogens is 294 g/mol. The number of carbonyl (C=O) groups is 1. The Labute approximate surface area is 133 Å². The molecule has 0 amide bonds. The zero-order valence-electron chi connectivity index (χ0n) is 12.4. The average Bonchev–Trinajstić information content (AvgIpc) is 2.98. The highest BCUT2D eigenvalue weighted by molar-refractivity contribution is 7.18. The Morgan fingerprint density at radius 2 is 1.64 bits per heavy atom. The van der Waals surface area contributed by atoms with Gasteiger partial charge in [0.25, 0.3) is 0 Å². The van der Waals surface area contributed by atoms with Crippen LogP contribution in [0.15, 0.2) is 54.7 Å². The van der Waals surface area contributed by atoms with Crippen molar-refractivity contribution in [3.8, 4) is 26.8 Å². The summed E-state index contributed by atoms with van der Waals surface area (Å²) in [5, 5.41) is 0.999. The van der Waals surface area contributed by atoms with Gasteiger partial charge in [-0.05, 0) is 36.8 Å². The summed E-state index contributed by atoms with van der Waals surface area (Å²) in [6, 6.07) is 15.8. The van der Waals surface area contributed by atoms with Gasteiger partial charge in [0.1, 0.15) is 10.8 Å². The third-order valence-electron chi connectivity index (χ3n) is 3.20. The van der Waals surface area contributed by atoms with Crippen LogP contribution in [0.3, 0.4) is 0 Å². The van der Waals surface area contributed by atoms with Gasteiger partial charge in [-0.1, -0.05) is 29.8 Å². The van der Waals surface area contributed by atoms with E-state index in [1.54, 1.807) is 23.5 Å². The zero-order valence-corrected chi connectivity index (χ0v) is 13.2. The fraction of sp³-hybridized carbons (Fsp3) is 0.111. The maximum Gasteiger partial charge on any atom is 0.308 e. The quantitative estimate of drug-likeness (QED) is 0.519. The van der Waals surface area contributed by atoms with Crippen molar-refractivity contribution >= 4 is 17.3 Å². The Balaban J connectivity index is 1.84. The molecule has 22 heavy (non-hydrogen) atoms. The SMILES string of the molecule is CC(=O)Oc1ccc(-c2cnc(-c3ccc(C)cc3)s2)cc1. The van der Waals surface area contributed by atoms with Crippen LogP contribution in [0.1, 0.15) is 12.5 Å². The van der Waals surface area contributed by atoms with E-state index in [1.807, 2.05) is 18.3 Å². The minimum atomic E-state index is -0.313. The van der Waals surface area contributed by atoms with Gasteiger partial charge in [-0.15, -0.1) is 11.3 Å². The molecule has 2 aromatic carbocycles. The van der Waals surface area contributed by atoms with Crippen LogP contribution in [0.4, 0.5) is 0 Å². The first kappa shape index (κ1) is 14.5. The van der Waals surface area contributed by atoms with Crippen molar-refractivity contribution in [2.75, 3.05) is 0 Å². The molecule has 0 saturated heterocycles. The molecule has 1 aromatic heterocycles. The van der Waals surface area contributed by atoms with Gasteiger partial charge in [-0.25, -0.2) is 4.98 Å². The van der Waals surface area contributed by atoms with Crippen LogP contribution in [0.2, 0.25) is 0 Å². The minimum Gasteiger partial charge on any atom is -0.427 e. The first-order valence-corrected chi connectivity index (χ1v) is 7.75. The first-order valence-electron chi connectivity index (χ1n) is 6.93. The van der Waals surface area contributed by atoms with Crippen LogP contribution in [0.25, 0.3) is 21.0 Å². The Hall–Kier alpha value is -2.46. The smallest absolute Gasteiger partial charge is 0.308 e. The molecule has 0 unspecified atom stereocenters. The Kier molecular flexibility index (Phi) is 4.02. The highest BCUT2D eigenvalue weighted by atomic mass is 32.1. The van der Waals surface area contributed by atoms with E-state index in [0.29, 0.717) is 5.75 Å². The summed E-state index contributed by atoms with van der Waals surface area (Å²) < 4.78 is 5.04. The van der Waals surface area contributed by atoms with Crippen molar-refractivity contribution in [1.82, 2.24) is 4.98 Å². The van der Waals surface area contributed by atoms with E-state index >= 15 is 0 Å². The number of rotatable bonds is 3. The predicted octanol–water partition coefficient (Wildman–Crippen LogP) is 4.71. The third-order valence-corrected chi connectivity index (χ3v) is 4.30. The molecule has 1 heterocycles. The second kappa shape index (κ2) is 6.12.